The predicted octanol–water partition coefficient (Wildman–Crippen LogP) is 1.11. The van der Waals surface area contributed by atoms with E-state index in [4.69, 9.17) is 9.84 Å². The molecule has 1 aromatic rings. The van der Waals surface area contributed by atoms with Crippen LogP contribution >= 0.6 is 0 Å². The largest absolute Gasteiger partial charge is 0.481 e. The quantitative estimate of drug-likeness (QED) is 0.846. The van der Waals surface area contributed by atoms with Crippen molar-refractivity contribution in [3.8, 4) is 0 Å². The first-order valence-electron chi connectivity index (χ1n) is 7.36. The number of hydrogen-bond acceptors (Lipinski definition) is 5. The second-order valence-corrected chi connectivity index (χ2v) is 5.43. The molecule has 1 saturated heterocycles. The van der Waals surface area contributed by atoms with Crippen molar-refractivity contribution in [3.63, 3.8) is 0 Å². The van der Waals surface area contributed by atoms with Gasteiger partial charge in [-0.15, -0.1) is 0 Å². The molecule has 22 heavy (non-hydrogen) atoms. The molecule has 2 rings (SSSR count). The van der Waals surface area contributed by atoms with Gasteiger partial charge in [-0.2, -0.15) is 0 Å². The van der Waals surface area contributed by atoms with Crippen molar-refractivity contribution in [2.75, 3.05) is 20.3 Å². The standard InChI is InChI=1S/C15H21N3O4/c1-10-8-11(5-6-14(20)21)17-15(16-10)12-4-3-7-18(12)13(19)9-22-2/h8,12H,3-7,9H2,1-2H3,(H,20,21). The Labute approximate surface area is 129 Å². The second-order valence-electron chi connectivity index (χ2n) is 5.43. The molecular weight excluding hydrogens is 286 g/mol. The van der Waals surface area contributed by atoms with Crippen molar-refractivity contribution >= 4 is 11.9 Å². The van der Waals surface area contributed by atoms with Gasteiger partial charge >= 0.3 is 5.97 Å². The van der Waals surface area contributed by atoms with Crippen LogP contribution in [0.4, 0.5) is 0 Å². The lowest BCUT2D eigenvalue weighted by Crippen LogP contribution is -2.34. The van der Waals surface area contributed by atoms with Crippen LogP contribution in [-0.2, 0) is 20.7 Å². The number of amides is 1. The van der Waals surface area contributed by atoms with E-state index in [0.29, 0.717) is 24.5 Å². The van der Waals surface area contributed by atoms with Crippen molar-refractivity contribution in [2.24, 2.45) is 0 Å². The molecule has 0 saturated carbocycles. The molecule has 7 nitrogen and oxygen atoms in total. The molecule has 1 unspecified atom stereocenters. The number of aliphatic carboxylic acids is 1. The van der Waals surface area contributed by atoms with Gasteiger partial charge in [-0.05, 0) is 25.8 Å². The molecule has 0 bridgehead atoms. The average molecular weight is 307 g/mol. The Hall–Kier alpha value is -2.02. The maximum Gasteiger partial charge on any atom is 0.303 e. The number of hydrogen-bond donors (Lipinski definition) is 1. The van der Waals surface area contributed by atoms with Gasteiger partial charge in [0.2, 0.25) is 5.91 Å². The summed E-state index contributed by atoms with van der Waals surface area (Å²) in [5.74, 6) is -0.319. The highest BCUT2D eigenvalue weighted by atomic mass is 16.5. The van der Waals surface area contributed by atoms with Crippen molar-refractivity contribution in [2.45, 2.75) is 38.6 Å². The molecule has 1 atom stereocenters. The van der Waals surface area contributed by atoms with E-state index in [0.717, 1.165) is 18.5 Å². The van der Waals surface area contributed by atoms with Crippen molar-refractivity contribution in [1.29, 1.82) is 0 Å². The van der Waals surface area contributed by atoms with Crippen LogP contribution in [0.2, 0.25) is 0 Å². The van der Waals surface area contributed by atoms with Gasteiger partial charge in [0.15, 0.2) is 5.82 Å². The Morgan fingerprint density at radius 2 is 2.23 bits per heavy atom. The molecule has 0 aliphatic carbocycles. The van der Waals surface area contributed by atoms with Gasteiger partial charge in [0.25, 0.3) is 0 Å². The van der Waals surface area contributed by atoms with E-state index in [-0.39, 0.29) is 25.0 Å². The Bertz CT molecular complexity index is 562. The van der Waals surface area contributed by atoms with Crippen LogP contribution in [0.3, 0.4) is 0 Å². The highest BCUT2D eigenvalue weighted by Crippen LogP contribution is 2.30. The first kappa shape index (κ1) is 16.4. The van der Waals surface area contributed by atoms with Gasteiger partial charge in [0.1, 0.15) is 6.61 Å². The first-order chi connectivity index (χ1) is 10.5. The summed E-state index contributed by atoms with van der Waals surface area (Å²) in [7, 11) is 1.50. The number of carbonyl (C=O) groups is 2. The number of nitrogens with zero attached hydrogens (tertiary/aromatic N) is 3. The van der Waals surface area contributed by atoms with Gasteiger partial charge in [0, 0.05) is 31.5 Å². The topological polar surface area (TPSA) is 92.6 Å². The van der Waals surface area contributed by atoms with E-state index in [9.17, 15) is 9.59 Å². The highest BCUT2D eigenvalue weighted by Gasteiger charge is 2.32. The fourth-order valence-corrected chi connectivity index (χ4v) is 2.71. The van der Waals surface area contributed by atoms with Crippen LogP contribution in [0, 0.1) is 6.92 Å². The molecule has 1 aliphatic heterocycles. The zero-order valence-electron chi connectivity index (χ0n) is 12.9. The number of carboxylic acid groups (broad SMARTS) is 1. The summed E-state index contributed by atoms with van der Waals surface area (Å²) in [6.07, 6.45) is 2.12. The first-order valence-corrected chi connectivity index (χ1v) is 7.36. The molecule has 0 radical (unpaired) electrons. The van der Waals surface area contributed by atoms with Gasteiger partial charge in [0.05, 0.1) is 12.5 Å². The number of aryl methyl sites for hydroxylation is 2. The monoisotopic (exact) mass is 307 g/mol. The third-order valence-corrected chi connectivity index (χ3v) is 3.66. The Kier molecular flexibility index (Phi) is 5.43. The number of ether oxygens (including phenoxy) is 1. The number of rotatable bonds is 6. The maximum absolute atomic E-state index is 12.1. The second kappa shape index (κ2) is 7.31. The van der Waals surface area contributed by atoms with Gasteiger partial charge in [-0.25, -0.2) is 9.97 Å². The molecule has 0 aromatic carbocycles. The van der Waals surface area contributed by atoms with Crippen LogP contribution < -0.4 is 0 Å². The van der Waals surface area contributed by atoms with Crippen molar-refractivity contribution < 1.29 is 19.4 Å². The van der Waals surface area contributed by atoms with Crippen LogP contribution in [-0.4, -0.2) is 52.1 Å². The van der Waals surface area contributed by atoms with Gasteiger partial charge < -0.3 is 14.7 Å². The molecule has 1 aliphatic rings. The van der Waals surface area contributed by atoms with Crippen LogP contribution in [0.25, 0.3) is 0 Å². The van der Waals surface area contributed by atoms with Crippen LogP contribution in [0.15, 0.2) is 6.07 Å². The average Bonchev–Trinajstić information content (AvgIpc) is 2.94. The van der Waals surface area contributed by atoms with Crippen LogP contribution in [0.1, 0.15) is 42.5 Å². The number of carboxylic acids is 1. The SMILES string of the molecule is COCC(=O)N1CCCC1c1nc(C)cc(CCC(=O)O)n1. The minimum absolute atomic E-state index is 0.0346. The lowest BCUT2D eigenvalue weighted by atomic mass is 10.1. The van der Waals surface area contributed by atoms with E-state index in [1.807, 2.05) is 6.92 Å². The van der Waals surface area contributed by atoms with E-state index in [2.05, 4.69) is 9.97 Å². The summed E-state index contributed by atoms with van der Waals surface area (Å²) in [6.45, 7) is 2.58. The molecule has 0 spiro atoms. The molecular formula is C15H21N3O4. The Morgan fingerprint density at radius 1 is 1.45 bits per heavy atom. The van der Waals surface area contributed by atoms with Crippen molar-refractivity contribution in [3.05, 3.63) is 23.3 Å². The fourth-order valence-electron chi connectivity index (χ4n) is 2.71. The van der Waals surface area contributed by atoms with E-state index in [1.54, 1.807) is 11.0 Å². The fraction of sp³-hybridized carbons (Fsp3) is 0.600. The maximum atomic E-state index is 12.1. The normalized spacial score (nSPS) is 17.7. The summed E-state index contributed by atoms with van der Waals surface area (Å²) in [6, 6.07) is 1.65. The summed E-state index contributed by atoms with van der Waals surface area (Å²) in [5, 5.41) is 8.79. The zero-order valence-corrected chi connectivity index (χ0v) is 12.9. The van der Waals surface area contributed by atoms with Crippen LogP contribution in [0.5, 0.6) is 0 Å². The summed E-state index contributed by atoms with van der Waals surface area (Å²) < 4.78 is 4.92. The third kappa shape index (κ3) is 4.00. The molecule has 2 heterocycles. The van der Waals surface area contributed by atoms with Gasteiger partial charge in [-0.3, -0.25) is 9.59 Å². The number of methoxy groups -OCH3 is 1. The Morgan fingerprint density at radius 3 is 2.91 bits per heavy atom. The third-order valence-electron chi connectivity index (χ3n) is 3.66. The van der Waals surface area contributed by atoms with E-state index < -0.39 is 5.97 Å². The van der Waals surface area contributed by atoms with Gasteiger partial charge in [-0.1, -0.05) is 0 Å². The smallest absolute Gasteiger partial charge is 0.303 e. The molecule has 1 N–H and O–H groups in total. The minimum atomic E-state index is -0.851. The minimum Gasteiger partial charge on any atom is -0.481 e. The number of likely N-dealkylation sites (tertiary alicyclic amines) is 1. The molecule has 1 amide bonds. The van der Waals surface area contributed by atoms with E-state index in [1.165, 1.54) is 7.11 Å². The lowest BCUT2D eigenvalue weighted by Gasteiger charge is -2.23. The lowest BCUT2D eigenvalue weighted by molar-refractivity contribution is -0.137. The Balaban J connectivity index is 2.19. The zero-order chi connectivity index (χ0) is 16.1. The molecule has 1 fully saturated rings. The molecule has 7 heteroatoms. The number of carbonyl (C=O) groups excluding carboxylic acids is 1. The van der Waals surface area contributed by atoms with E-state index >= 15 is 0 Å². The number of aromatic nitrogens is 2. The summed E-state index contributed by atoms with van der Waals surface area (Å²) in [4.78, 5) is 33.4. The molecule has 120 valence electrons. The highest BCUT2D eigenvalue weighted by molar-refractivity contribution is 5.78. The predicted molar refractivity (Wildman–Crippen MR) is 78.3 cm³/mol. The van der Waals surface area contributed by atoms with Crippen molar-refractivity contribution in [1.82, 2.24) is 14.9 Å². The molecule has 1 aromatic heterocycles. The summed E-state index contributed by atoms with van der Waals surface area (Å²) >= 11 is 0. The summed E-state index contributed by atoms with van der Waals surface area (Å²) in [5.41, 5.74) is 1.49.